The number of hydrogen-bond donors (Lipinski definition) is 1. The fraction of sp³-hybridized carbons (Fsp3) is 0.312. The Morgan fingerprint density at radius 2 is 1.95 bits per heavy atom. The molecule has 1 N–H and O–H groups in total. The quantitative estimate of drug-likeness (QED) is 0.678. The van der Waals surface area contributed by atoms with E-state index in [2.05, 4.69) is 10.4 Å². The third kappa shape index (κ3) is 2.26. The number of amides is 1. The minimum atomic E-state index is -0.959. The van der Waals surface area contributed by atoms with E-state index in [0.29, 0.717) is 5.82 Å². The molecule has 3 rings (SSSR count). The highest BCUT2D eigenvalue weighted by Gasteiger charge is 2.43. The summed E-state index contributed by atoms with van der Waals surface area (Å²) in [4.78, 5) is 24.5. The number of esters is 1. The van der Waals surface area contributed by atoms with Crippen LogP contribution in [0.3, 0.4) is 0 Å². The second kappa shape index (κ2) is 5.29. The minimum Gasteiger partial charge on any atom is -0.468 e. The molecule has 0 bridgehead atoms. The van der Waals surface area contributed by atoms with Crippen LogP contribution in [0, 0.1) is 19.8 Å². The van der Waals surface area contributed by atoms with Crippen molar-refractivity contribution in [3.05, 3.63) is 47.2 Å². The number of carbonyl (C=O) groups is 2. The van der Waals surface area contributed by atoms with E-state index in [4.69, 9.17) is 4.74 Å². The van der Waals surface area contributed by atoms with Gasteiger partial charge in [-0.05, 0) is 19.4 Å². The molecule has 6 nitrogen and oxygen atoms in total. The fourth-order valence-corrected chi connectivity index (χ4v) is 2.77. The van der Waals surface area contributed by atoms with Crippen LogP contribution in [0.25, 0.3) is 0 Å². The fourth-order valence-electron chi connectivity index (χ4n) is 2.77. The molecule has 1 amide bonds. The molecule has 1 aliphatic heterocycles. The van der Waals surface area contributed by atoms with Gasteiger partial charge >= 0.3 is 5.97 Å². The SMILES string of the molecule is COC(=O)C1C(=O)Nc2cc(C)nn2C1c1ccc(C)cc1. The van der Waals surface area contributed by atoms with Crippen LogP contribution in [0.5, 0.6) is 0 Å². The standard InChI is InChI=1S/C16H17N3O3/c1-9-4-6-11(7-5-9)14-13(16(21)22-3)15(20)17-12-8-10(2)18-19(12)14/h4-8,13-14H,1-3H3,(H,17,20). The van der Waals surface area contributed by atoms with Gasteiger partial charge in [0.25, 0.3) is 0 Å². The number of aromatic nitrogens is 2. The maximum Gasteiger partial charge on any atom is 0.320 e. The van der Waals surface area contributed by atoms with Gasteiger partial charge in [-0.25, -0.2) is 4.68 Å². The van der Waals surface area contributed by atoms with E-state index in [0.717, 1.165) is 16.8 Å². The molecule has 1 aromatic carbocycles. The van der Waals surface area contributed by atoms with Crippen LogP contribution in [0.4, 0.5) is 5.82 Å². The Labute approximate surface area is 128 Å². The van der Waals surface area contributed by atoms with Crippen LogP contribution in [0.15, 0.2) is 30.3 Å². The van der Waals surface area contributed by atoms with Crippen LogP contribution >= 0.6 is 0 Å². The number of hydrogen-bond acceptors (Lipinski definition) is 4. The molecule has 22 heavy (non-hydrogen) atoms. The van der Waals surface area contributed by atoms with Crippen molar-refractivity contribution in [2.24, 2.45) is 5.92 Å². The van der Waals surface area contributed by atoms with E-state index < -0.39 is 17.9 Å². The monoisotopic (exact) mass is 299 g/mol. The highest BCUT2D eigenvalue weighted by atomic mass is 16.5. The van der Waals surface area contributed by atoms with Gasteiger partial charge in [0.15, 0.2) is 5.92 Å². The molecular weight excluding hydrogens is 282 g/mol. The Bertz CT molecular complexity index is 734. The topological polar surface area (TPSA) is 73.2 Å². The Kier molecular flexibility index (Phi) is 3.44. The second-order valence-electron chi connectivity index (χ2n) is 5.46. The van der Waals surface area contributed by atoms with Gasteiger partial charge < -0.3 is 10.1 Å². The average molecular weight is 299 g/mol. The summed E-state index contributed by atoms with van der Waals surface area (Å²) in [6, 6.07) is 9.00. The first-order chi connectivity index (χ1) is 10.5. The van der Waals surface area contributed by atoms with Crippen molar-refractivity contribution in [1.29, 1.82) is 0 Å². The number of anilines is 1. The van der Waals surface area contributed by atoms with Crippen LogP contribution < -0.4 is 5.32 Å². The van der Waals surface area contributed by atoms with Crippen LogP contribution in [-0.4, -0.2) is 28.8 Å². The first-order valence-electron chi connectivity index (χ1n) is 7.02. The normalized spacial score (nSPS) is 20.2. The number of aryl methyl sites for hydroxylation is 2. The van der Waals surface area contributed by atoms with Gasteiger partial charge in [0, 0.05) is 6.07 Å². The molecule has 0 spiro atoms. The number of nitrogens with zero attached hydrogens (tertiary/aromatic N) is 2. The lowest BCUT2D eigenvalue weighted by atomic mass is 9.90. The lowest BCUT2D eigenvalue weighted by Crippen LogP contribution is -2.43. The maximum atomic E-state index is 12.4. The van der Waals surface area contributed by atoms with Crippen molar-refractivity contribution in [2.75, 3.05) is 12.4 Å². The molecule has 0 radical (unpaired) electrons. The second-order valence-corrected chi connectivity index (χ2v) is 5.46. The first kappa shape index (κ1) is 14.3. The molecule has 0 fully saturated rings. The van der Waals surface area contributed by atoms with E-state index in [1.165, 1.54) is 7.11 Å². The Hall–Kier alpha value is -2.63. The number of ether oxygens (including phenoxy) is 1. The largest absolute Gasteiger partial charge is 0.468 e. The summed E-state index contributed by atoms with van der Waals surface area (Å²) in [7, 11) is 1.28. The van der Waals surface area contributed by atoms with Crippen molar-refractivity contribution in [2.45, 2.75) is 19.9 Å². The Morgan fingerprint density at radius 1 is 1.27 bits per heavy atom. The van der Waals surface area contributed by atoms with Gasteiger partial charge in [0.05, 0.1) is 12.8 Å². The van der Waals surface area contributed by atoms with Gasteiger partial charge in [0.1, 0.15) is 11.9 Å². The molecule has 2 heterocycles. The van der Waals surface area contributed by atoms with Crippen LogP contribution in [0.2, 0.25) is 0 Å². The number of methoxy groups -OCH3 is 1. The first-order valence-corrected chi connectivity index (χ1v) is 7.02. The minimum absolute atomic E-state index is 0.371. The summed E-state index contributed by atoms with van der Waals surface area (Å²) in [5, 5.41) is 7.14. The maximum absolute atomic E-state index is 12.4. The molecule has 2 unspecified atom stereocenters. The van der Waals surface area contributed by atoms with E-state index in [9.17, 15) is 9.59 Å². The zero-order chi connectivity index (χ0) is 15.9. The summed E-state index contributed by atoms with van der Waals surface area (Å²) in [6.45, 7) is 3.83. The van der Waals surface area contributed by atoms with Crippen molar-refractivity contribution >= 4 is 17.7 Å². The van der Waals surface area contributed by atoms with E-state index in [1.54, 1.807) is 10.7 Å². The van der Waals surface area contributed by atoms with Gasteiger partial charge in [-0.2, -0.15) is 5.10 Å². The van der Waals surface area contributed by atoms with Gasteiger partial charge in [0.2, 0.25) is 5.91 Å². The molecule has 0 aliphatic carbocycles. The predicted molar refractivity (Wildman–Crippen MR) is 80.4 cm³/mol. The van der Waals surface area contributed by atoms with E-state index in [1.807, 2.05) is 38.1 Å². The third-order valence-electron chi connectivity index (χ3n) is 3.84. The lowest BCUT2D eigenvalue weighted by Gasteiger charge is -2.31. The number of rotatable bonds is 2. The summed E-state index contributed by atoms with van der Waals surface area (Å²) in [5.74, 6) is -1.31. The van der Waals surface area contributed by atoms with E-state index in [-0.39, 0.29) is 5.91 Å². The number of nitrogens with one attached hydrogen (secondary N) is 1. The number of carbonyl (C=O) groups excluding carboxylic acids is 2. The molecule has 0 saturated heterocycles. The highest BCUT2D eigenvalue weighted by molar-refractivity contribution is 6.06. The number of benzene rings is 1. The van der Waals surface area contributed by atoms with Crippen molar-refractivity contribution < 1.29 is 14.3 Å². The number of fused-ring (bicyclic) bond motifs is 1. The van der Waals surface area contributed by atoms with Crippen molar-refractivity contribution in [3.8, 4) is 0 Å². The molecule has 2 aromatic rings. The Morgan fingerprint density at radius 3 is 2.59 bits per heavy atom. The Balaban J connectivity index is 2.16. The van der Waals surface area contributed by atoms with Crippen molar-refractivity contribution in [3.63, 3.8) is 0 Å². The summed E-state index contributed by atoms with van der Waals surface area (Å²) in [6.07, 6.45) is 0. The molecule has 0 saturated carbocycles. The van der Waals surface area contributed by atoms with Gasteiger partial charge in [-0.15, -0.1) is 0 Å². The summed E-state index contributed by atoms with van der Waals surface area (Å²) < 4.78 is 6.50. The average Bonchev–Trinajstić information content (AvgIpc) is 2.86. The summed E-state index contributed by atoms with van der Waals surface area (Å²) in [5.41, 5.74) is 2.73. The third-order valence-corrected chi connectivity index (χ3v) is 3.84. The van der Waals surface area contributed by atoms with E-state index >= 15 is 0 Å². The van der Waals surface area contributed by atoms with Crippen LogP contribution in [0.1, 0.15) is 22.9 Å². The zero-order valence-corrected chi connectivity index (χ0v) is 12.7. The summed E-state index contributed by atoms with van der Waals surface area (Å²) >= 11 is 0. The highest BCUT2D eigenvalue weighted by Crippen LogP contribution is 2.35. The van der Waals surface area contributed by atoms with Gasteiger partial charge in [-0.1, -0.05) is 29.8 Å². The van der Waals surface area contributed by atoms with Crippen molar-refractivity contribution in [1.82, 2.24) is 9.78 Å². The molecule has 1 aliphatic rings. The lowest BCUT2D eigenvalue weighted by molar-refractivity contribution is -0.150. The predicted octanol–water partition coefficient (Wildman–Crippen LogP) is 1.83. The zero-order valence-electron chi connectivity index (χ0n) is 12.7. The van der Waals surface area contributed by atoms with Gasteiger partial charge in [-0.3, -0.25) is 9.59 Å². The molecule has 6 heteroatoms. The molecular formula is C16H17N3O3. The van der Waals surface area contributed by atoms with Crippen LogP contribution in [-0.2, 0) is 14.3 Å². The molecule has 114 valence electrons. The molecule has 1 aromatic heterocycles. The molecule has 2 atom stereocenters. The smallest absolute Gasteiger partial charge is 0.320 e.